The van der Waals surface area contributed by atoms with Crippen LogP contribution in [0.25, 0.3) is 33.5 Å². The summed E-state index contributed by atoms with van der Waals surface area (Å²) in [5, 5.41) is 5.29. The van der Waals surface area contributed by atoms with Crippen LogP contribution >= 0.6 is 0 Å². The number of likely N-dealkylation sites (tertiary alicyclic amines) is 1. The summed E-state index contributed by atoms with van der Waals surface area (Å²) in [4.78, 5) is 28.8. The van der Waals surface area contributed by atoms with Gasteiger partial charge in [0.15, 0.2) is 11.4 Å². The number of carbonyl (C=O) groups excluding carboxylic acids is 1. The van der Waals surface area contributed by atoms with Crippen LogP contribution in [-0.2, 0) is 0 Å². The first-order chi connectivity index (χ1) is 16.6. The fourth-order valence-corrected chi connectivity index (χ4v) is 4.84. The van der Waals surface area contributed by atoms with Gasteiger partial charge >= 0.3 is 0 Å². The van der Waals surface area contributed by atoms with Gasteiger partial charge in [0.2, 0.25) is 0 Å². The number of carbonyl (C=O) groups is 1. The number of hydrogen-bond donors (Lipinski definition) is 1. The van der Waals surface area contributed by atoms with Crippen molar-refractivity contribution in [2.45, 2.75) is 38.6 Å². The number of rotatable bonds is 4. The van der Waals surface area contributed by atoms with Gasteiger partial charge in [-0.25, -0.2) is 14.6 Å². The molecule has 0 bridgehead atoms. The van der Waals surface area contributed by atoms with Crippen LogP contribution in [0.5, 0.6) is 0 Å². The second-order valence-electron chi connectivity index (χ2n) is 9.18. The fourth-order valence-electron chi connectivity index (χ4n) is 4.84. The second-order valence-corrected chi connectivity index (χ2v) is 9.18. The van der Waals surface area contributed by atoms with Gasteiger partial charge in [-0.05, 0) is 57.0 Å². The predicted molar refractivity (Wildman–Crippen MR) is 130 cm³/mol. The standard InChI is InChI=1S/C26H26N6O2/c1-16(2)32-25-19(14-27-32)18(13-22(30-25)23-10-6-12-34-23)26(33)31-11-5-7-17(15-31)24-28-20-8-3-4-9-21(20)29-24/h3-4,6,8-10,12-14,16-17H,5,7,11,15H2,1-2H3,(H,28,29). The maximum absolute atomic E-state index is 13.9. The predicted octanol–water partition coefficient (Wildman–Crippen LogP) is 5.17. The average molecular weight is 455 g/mol. The summed E-state index contributed by atoms with van der Waals surface area (Å²) >= 11 is 0. The molecule has 1 fully saturated rings. The third-order valence-corrected chi connectivity index (χ3v) is 6.56. The molecule has 1 unspecified atom stereocenters. The summed E-state index contributed by atoms with van der Waals surface area (Å²) in [6, 6.07) is 13.7. The highest BCUT2D eigenvalue weighted by atomic mass is 16.3. The molecule has 34 heavy (non-hydrogen) atoms. The van der Waals surface area contributed by atoms with Crippen LogP contribution in [-0.4, -0.2) is 48.6 Å². The molecule has 1 atom stereocenters. The Bertz CT molecular complexity index is 1450. The third kappa shape index (κ3) is 3.46. The van der Waals surface area contributed by atoms with Crippen LogP contribution < -0.4 is 0 Å². The van der Waals surface area contributed by atoms with E-state index in [0.29, 0.717) is 35.8 Å². The minimum absolute atomic E-state index is 0.00989. The van der Waals surface area contributed by atoms with Crippen molar-refractivity contribution in [3.63, 3.8) is 0 Å². The van der Waals surface area contributed by atoms with Gasteiger partial charge in [-0.15, -0.1) is 0 Å². The Balaban J connectivity index is 1.37. The van der Waals surface area contributed by atoms with Crippen LogP contribution in [0, 0.1) is 0 Å². The monoisotopic (exact) mass is 454 g/mol. The van der Waals surface area contributed by atoms with Gasteiger partial charge < -0.3 is 14.3 Å². The first-order valence-corrected chi connectivity index (χ1v) is 11.7. The van der Waals surface area contributed by atoms with E-state index in [2.05, 4.69) is 23.9 Å². The van der Waals surface area contributed by atoms with Crippen molar-refractivity contribution < 1.29 is 9.21 Å². The molecule has 0 radical (unpaired) electrons. The largest absolute Gasteiger partial charge is 0.463 e. The van der Waals surface area contributed by atoms with Crippen molar-refractivity contribution in [3.8, 4) is 11.5 Å². The molecule has 1 amide bonds. The lowest BCUT2D eigenvalue weighted by Gasteiger charge is -2.32. The van der Waals surface area contributed by atoms with Gasteiger partial charge in [0.1, 0.15) is 11.5 Å². The highest BCUT2D eigenvalue weighted by Crippen LogP contribution is 2.31. The van der Waals surface area contributed by atoms with Gasteiger partial charge in [0.05, 0.1) is 34.4 Å². The lowest BCUT2D eigenvalue weighted by atomic mass is 9.96. The summed E-state index contributed by atoms with van der Waals surface area (Å²) in [6.45, 7) is 5.44. The normalized spacial score (nSPS) is 16.7. The van der Waals surface area contributed by atoms with Crippen molar-refractivity contribution >= 4 is 28.0 Å². The second kappa shape index (κ2) is 8.13. The summed E-state index contributed by atoms with van der Waals surface area (Å²) in [6.07, 6.45) is 5.30. The van der Waals surface area contributed by atoms with E-state index in [9.17, 15) is 4.79 Å². The van der Waals surface area contributed by atoms with Gasteiger partial charge in [-0.2, -0.15) is 5.10 Å². The highest BCUT2D eigenvalue weighted by Gasteiger charge is 2.29. The van der Waals surface area contributed by atoms with Crippen molar-refractivity contribution in [1.82, 2.24) is 29.6 Å². The number of aromatic amines is 1. The van der Waals surface area contributed by atoms with E-state index in [0.717, 1.165) is 35.1 Å². The molecule has 8 heteroatoms. The molecule has 1 aliphatic heterocycles. The topological polar surface area (TPSA) is 92.8 Å². The van der Waals surface area contributed by atoms with Gasteiger partial charge in [-0.3, -0.25) is 4.79 Å². The van der Waals surface area contributed by atoms with E-state index in [1.165, 1.54) is 0 Å². The summed E-state index contributed by atoms with van der Waals surface area (Å²) in [5.74, 6) is 1.74. The molecule has 0 aliphatic carbocycles. The van der Waals surface area contributed by atoms with Crippen LogP contribution in [0.4, 0.5) is 0 Å². The number of fused-ring (bicyclic) bond motifs is 2. The number of aromatic nitrogens is 5. The van der Waals surface area contributed by atoms with Crippen molar-refractivity contribution in [1.29, 1.82) is 0 Å². The lowest BCUT2D eigenvalue weighted by molar-refractivity contribution is 0.0707. The molecule has 1 N–H and O–H groups in total. The number of furan rings is 1. The first-order valence-electron chi connectivity index (χ1n) is 11.7. The summed E-state index contributed by atoms with van der Waals surface area (Å²) < 4.78 is 7.45. The van der Waals surface area contributed by atoms with Crippen LogP contribution in [0.15, 0.2) is 59.3 Å². The summed E-state index contributed by atoms with van der Waals surface area (Å²) in [7, 11) is 0. The molecule has 5 heterocycles. The van der Waals surface area contributed by atoms with Crippen molar-refractivity contribution in [2.24, 2.45) is 0 Å². The molecule has 8 nitrogen and oxygen atoms in total. The average Bonchev–Trinajstić information content (AvgIpc) is 3.62. The number of imidazole rings is 1. The van der Waals surface area contributed by atoms with E-state index in [1.807, 2.05) is 52.0 Å². The molecular formula is C26H26N6O2. The molecular weight excluding hydrogens is 428 g/mol. The Labute approximate surface area is 196 Å². The first kappa shape index (κ1) is 20.7. The van der Waals surface area contributed by atoms with Crippen molar-refractivity contribution in [3.05, 3.63) is 66.3 Å². The van der Waals surface area contributed by atoms with E-state index in [4.69, 9.17) is 14.4 Å². The molecule has 1 saturated heterocycles. The Morgan fingerprint density at radius 1 is 1.18 bits per heavy atom. The van der Waals surface area contributed by atoms with Crippen LogP contribution in [0.1, 0.15) is 54.8 Å². The van der Waals surface area contributed by atoms with Gasteiger partial charge in [0.25, 0.3) is 5.91 Å². The van der Waals surface area contributed by atoms with E-state index < -0.39 is 0 Å². The van der Waals surface area contributed by atoms with Crippen LogP contribution in [0.3, 0.4) is 0 Å². The number of nitrogens with one attached hydrogen (secondary N) is 1. The minimum atomic E-state index is -0.00989. The molecule has 1 aliphatic rings. The van der Waals surface area contributed by atoms with Gasteiger partial charge in [0, 0.05) is 25.0 Å². The molecule has 1 aromatic carbocycles. The zero-order chi connectivity index (χ0) is 23.2. The highest BCUT2D eigenvalue weighted by molar-refractivity contribution is 6.06. The van der Waals surface area contributed by atoms with Crippen LogP contribution in [0.2, 0.25) is 0 Å². The number of piperidine rings is 1. The maximum atomic E-state index is 13.9. The molecule has 0 saturated carbocycles. The molecule has 6 rings (SSSR count). The molecule has 5 aromatic rings. The number of H-pyrrole nitrogens is 1. The Hall–Kier alpha value is -3.94. The summed E-state index contributed by atoms with van der Waals surface area (Å²) in [5.41, 5.74) is 3.92. The Morgan fingerprint density at radius 3 is 2.85 bits per heavy atom. The fraction of sp³-hybridized carbons (Fsp3) is 0.308. The Kier molecular flexibility index (Phi) is 4.94. The maximum Gasteiger partial charge on any atom is 0.254 e. The van der Waals surface area contributed by atoms with Crippen molar-refractivity contribution in [2.75, 3.05) is 13.1 Å². The zero-order valence-electron chi connectivity index (χ0n) is 19.2. The lowest BCUT2D eigenvalue weighted by Crippen LogP contribution is -2.39. The Morgan fingerprint density at radius 2 is 2.06 bits per heavy atom. The number of pyridine rings is 1. The van der Waals surface area contributed by atoms with E-state index >= 15 is 0 Å². The number of nitrogens with zero attached hydrogens (tertiary/aromatic N) is 5. The minimum Gasteiger partial charge on any atom is -0.463 e. The SMILES string of the molecule is CC(C)n1ncc2c(C(=O)N3CCCC(c4nc5ccccc5[nH]4)C3)cc(-c3ccco3)nc21. The van der Waals surface area contributed by atoms with Gasteiger partial charge in [-0.1, -0.05) is 12.1 Å². The molecule has 4 aromatic heterocycles. The number of hydrogen-bond acceptors (Lipinski definition) is 5. The third-order valence-electron chi connectivity index (χ3n) is 6.56. The number of amides is 1. The number of benzene rings is 1. The number of para-hydroxylation sites is 2. The van der Waals surface area contributed by atoms with E-state index in [1.54, 1.807) is 12.5 Å². The molecule has 172 valence electrons. The quantitative estimate of drug-likeness (QED) is 0.404. The molecule has 0 spiro atoms. The van der Waals surface area contributed by atoms with E-state index in [-0.39, 0.29) is 17.9 Å². The zero-order valence-corrected chi connectivity index (χ0v) is 19.2. The smallest absolute Gasteiger partial charge is 0.254 e.